The van der Waals surface area contributed by atoms with Crippen LogP contribution >= 0.6 is 0 Å². The van der Waals surface area contributed by atoms with E-state index in [0.717, 1.165) is 18.4 Å². The van der Waals surface area contributed by atoms with Crippen LogP contribution in [-0.2, 0) is 16.0 Å². The Labute approximate surface area is 102 Å². The fourth-order valence-corrected chi connectivity index (χ4v) is 1.57. The van der Waals surface area contributed by atoms with Crippen molar-refractivity contribution in [2.24, 2.45) is 0 Å². The molecule has 0 aliphatic rings. The molecule has 3 nitrogen and oxygen atoms in total. The summed E-state index contributed by atoms with van der Waals surface area (Å²) < 4.78 is 4.60. The number of carbonyl (C=O) groups excluding carboxylic acids is 2. The first-order chi connectivity index (χ1) is 8.17. The van der Waals surface area contributed by atoms with Crippen LogP contribution in [0.3, 0.4) is 0 Å². The first-order valence-corrected chi connectivity index (χ1v) is 5.86. The fourth-order valence-electron chi connectivity index (χ4n) is 1.57. The maximum Gasteiger partial charge on any atom is 0.337 e. The standard InChI is InChI=1S/C14H18O3/c1-3-4-5-13(15)10-11-6-8-12(9-7-11)14(16)17-2/h6-9H,3-5,10H2,1-2H3. The third kappa shape index (κ3) is 4.39. The van der Waals surface area contributed by atoms with E-state index in [1.54, 1.807) is 24.3 Å². The van der Waals surface area contributed by atoms with Crippen LogP contribution in [0.5, 0.6) is 0 Å². The van der Waals surface area contributed by atoms with Crippen LogP contribution in [0.1, 0.15) is 42.1 Å². The predicted octanol–water partition coefficient (Wildman–Crippen LogP) is 2.78. The van der Waals surface area contributed by atoms with Crippen LogP contribution in [0.4, 0.5) is 0 Å². The zero-order valence-corrected chi connectivity index (χ0v) is 10.4. The molecule has 0 spiro atoms. The Balaban J connectivity index is 2.56. The minimum absolute atomic E-state index is 0.248. The second-order valence-electron chi connectivity index (χ2n) is 4.01. The lowest BCUT2D eigenvalue weighted by molar-refractivity contribution is -0.118. The van der Waals surface area contributed by atoms with Gasteiger partial charge in [0, 0.05) is 12.8 Å². The summed E-state index contributed by atoms with van der Waals surface area (Å²) in [5.41, 5.74) is 1.45. The van der Waals surface area contributed by atoms with Crippen molar-refractivity contribution in [2.45, 2.75) is 32.6 Å². The summed E-state index contributed by atoms with van der Waals surface area (Å²) in [5, 5.41) is 0. The molecule has 1 aromatic carbocycles. The zero-order valence-electron chi connectivity index (χ0n) is 10.4. The van der Waals surface area contributed by atoms with Gasteiger partial charge in [0.2, 0.25) is 0 Å². The van der Waals surface area contributed by atoms with Crippen molar-refractivity contribution in [1.29, 1.82) is 0 Å². The summed E-state index contributed by atoms with van der Waals surface area (Å²) in [6.45, 7) is 2.07. The van der Waals surface area contributed by atoms with Crippen molar-refractivity contribution >= 4 is 11.8 Å². The molecule has 0 heterocycles. The number of esters is 1. The summed E-state index contributed by atoms with van der Waals surface area (Å²) in [6, 6.07) is 6.98. The highest BCUT2D eigenvalue weighted by molar-refractivity contribution is 5.89. The highest BCUT2D eigenvalue weighted by Crippen LogP contribution is 2.08. The lowest BCUT2D eigenvalue weighted by atomic mass is 10.0. The molecule has 0 amide bonds. The van der Waals surface area contributed by atoms with E-state index in [2.05, 4.69) is 11.7 Å². The molecular weight excluding hydrogens is 216 g/mol. The van der Waals surface area contributed by atoms with E-state index in [9.17, 15) is 9.59 Å². The van der Waals surface area contributed by atoms with Gasteiger partial charge >= 0.3 is 5.97 Å². The second-order valence-corrected chi connectivity index (χ2v) is 4.01. The maximum atomic E-state index is 11.6. The molecule has 0 aliphatic heterocycles. The summed E-state index contributed by atoms with van der Waals surface area (Å²) in [5.74, 6) is -0.105. The van der Waals surface area contributed by atoms with Gasteiger partial charge in [0.05, 0.1) is 12.7 Å². The van der Waals surface area contributed by atoms with Crippen molar-refractivity contribution < 1.29 is 14.3 Å². The maximum absolute atomic E-state index is 11.6. The van der Waals surface area contributed by atoms with E-state index in [0.29, 0.717) is 18.4 Å². The summed E-state index contributed by atoms with van der Waals surface area (Å²) in [6.07, 6.45) is 3.06. The Morgan fingerprint density at radius 3 is 2.35 bits per heavy atom. The molecule has 92 valence electrons. The van der Waals surface area contributed by atoms with Gasteiger partial charge in [0.15, 0.2) is 0 Å². The molecule has 0 saturated carbocycles. The Kier molecular flexibility index (Phi) is 5.40. The van der Waals surface area contributed by atoms with Crippen LogP contribution in [-0.4, -0.2) is 18.9 Å². The summed E-state index contributed by atoms with van der Waals surface area (Å²) in [7, 11) is 1.35. The third-order valence-corrected chi connectivity index (χ3v) is 2.59. The van der Waals surface area contributed by atoms with Crippen LogP contribution < -0.4 is 0 Å². The van der Waals surface area contributed by atoms with Crippen molar-refractivity contribution in [2.75, 3.05) is 7.11 Å². The molecule has 1 aromatic rings. The molecule has 0 aliphatic carbocycles. The third-order valence-electron chi connectivity index (χ3n) is 2.59. The van der Waals surface area contributed by atoms with Gasteiger partial charge in [0.25, 0.3) is 0 Å². The Morgan fingerprint density at radius 1 is 1.18 bits per heavy atom. The lowest BCUT2D eigenvalue weighted by Gasteiger charge is -2.02. The summed E-state index contributed by atoms with van der Waals surface area (Å²) in [4.78, 5) is 22.8. The van der Waals surface area contributed by atoms with Gasteiger partial charge in [-0.2, -0.15) is 0 Å². The average molecular weight is 234 g/mol. The summed E-state index contributed by atoms with van der Waals surface area (Å²) >= 11 is 0. The van der Waals surface area contributed by atoms with Crippen LogP contribution in [0.15, 0.2) is 24.3 Å². The van der Waals surface area contributed by atoms with E-state index in [1.807, 2.05) is 0 Å². The van der Waals surface area contributed by atoms with Gasteiger partial charge in [0.1, 0.15) is 5.78 Å². The Morgan fingerprint density at radius 2 is 1.82 bits per heavy atom. The highest BCUT2D eigenvalue weighted by atomic mass is 16.5. The number of rotatable bonds is 6. The lowest BCUT2D eigenvalue weighted by Crippen LogP contribution is -2.04. The predicted molar refractivity (Wildman–Crippen MR) is 66.0 cm³/mol. The smallest absolute Gasteiger partial charge is 0.337 e. The number of carbonyl (C=O) groups is 2. The van der Waals surface area contributed by atoms with Gasteiger partial charge in [-0.3, -0.25) is 4.79 Å². The largest absolute Gasteiger partial charge is 0.465 e. The quantitative estimate of drug-likeness (QED) is 0.711. The van der Waals surface area contributed by atoms with E-state index in [1.165, 1.54) is 7.11 Å². The molecule has 0 bridgehead atoms. The fraction of sp³-hybridized carbons (Fsp3) is 0.429. The van der Waals surface area contributed by atoms with Crippen molar-refractivity contribution in [1.82, 2.24) is 0 Å². The SMILES string of the molecule is CCCCC(=O)Cc1ccc(C(=O)OC)cc1. The van der Waals surface area contributed by atoms with Crippen LogP contribution in [0.25, 0.3) is 0 Å². The molecule has 0 fully saturated rings. The number of benzene rings is 1. The van der Waals surface area contributed by atoms with Crippen LogP contribution in [0.2, 0.25) is 0 Å². The van der Waals surface area contributed by atoms with E-state index >= 15 is 0 Å². The molecule has 3 heteroatoms. The minimum atomic E-state index is -0.353. The zero-order chi connectivity index (χ0) is 12.7. The topological polar surface area (TPSA) is 43.4 Å². The number of hydrogen-bond donors (Lipinski definition) is 0. The van der Waals surface area contributed by atoms with Gasteiger partial charge in [-0.15, -0.1) is 0 Å². The first kappa shape index (κ1) is 13.4. The van der Waals surface area contributed by atoms with Gasteiger partial charge in [-0.05, 0) is 24.1 Å². The van der Waals surface area contributed by atoms with Crippen molar-refractivity contribution in [3.8, 4) is 0 Å². The number of ether oxygens (including phenoxy) is 1. The van der Waals surface area contributed by atoms with E-state index in [-0.39, 0.29) is 11.8 Å². The molecule has 17 heavy (non-hydrogen) atoms. The average Bonchev–Trinajstić information content (AvgIpc) is 2.36. The number of hydrogen-bond acceptors (Lipinski definition) is 3. The van der Waals surface area contributed by atoms with Gasteiger partial charge < -0.3 is 4.74 Å². The van der Waals surface area contributed by atoms with E-state index < -0.39 is 0 Å². The normalized spacial score (nSPS) is 10.0. The Bertz CT molecular complexity index is 379. The van der Waals surface area contributed by atoms with Crippen molar-refractivity contribution in [3.05, 3.63) is 35.4 Å². The number of unbranched alkanes of at least 4 members (excludes halogenated alkanes) is 1. The number of methoxy groups -OCH3 is 1. The molecule has 0 N–H and O–H groups in total. The molecule has 1 rings (SSSR count). The Hall–Kier alpha value is -1.64. The molecule has 0 atom stereocenters. The number of Topliss-reactive ketones (excluding diaryl/α,β-unsaturated/α-hetero) is 1. The van der Waals surface area contributed by atoms with Gasteiger partial charge in [-0.1, -0.05) is 25.5 Å². The van der Waals surface area contributed by atoms with Gasteiger partial charge in [-0.25, -0.2) is 4.79 Å². The van der Waals surface area contributed by atoms with Crippen molar-refractivity contribution in [3.63, 3.8) is 0 Å². The molecule has 0 saturated heterocycles. The molecule has 0 aromatic heterocycles. The molecule has 0 radical (unpaired) electrons. The monoisotopic (exact) mass is 234 g/mol. The number of ketones is 1. The van der Waals surface area contributed by atoms with Crippen LogP contribution in [0, 0.1) is 0 Å². The molecular formula is C14H18O3. The van der Waals surface area contributed by atoms with E-state index in [4.69, 9.17) is 0 Å². The second kappa shape index (κ2) is 6.84. The minimum Gasteiger partial charge on any atom is -0.465 e. The molecule has 0 unspecified atom stereocenters. The highest BCUT2D eigenvalue weighted by Gasteiger charge is 2.06. The first-order valence-electron chi connectivity index (χ1n) is 5.86.